The number of rotatable bonds is 4. The lowest BCUT2D eigenvalue weighted by Crippen LogP contribution is -2.40. The van der Waals surface area contributed by atoms with Crippen LogP contribution in [0.25, 0.3) is 0 Å². The number of carboxylic acid groups (broad SMARTS) is 1. The van der Waals surface area contributed by atoms with Crippen molar-refractivity contribution in [3.8, 4) is 5.75 Å². The molecule has 0 heterocycles. The van der Waals surface area contributed by atoms with Gasteiger partial charge in [0, 0.05) is 12.1 Å². The second-order valence-corrected chi connectivity index (χ2v) is 4.05. The molecule has 1 amide bonds. The Morgan fingerprint density at radius 2 is 1.94 bits per heavy atom. The van der Waals surface area contributed by atoms with Gasteiger partial charge in [0.05, 0.1) is 11.5 Å². The molecule has 5 nitrogen and oxygen atoms in total. The number of benzene rings is 1. The Morgan fingerprint density at radius 1 is 1.33 bits per heavy atom. The number of hydrogen-bond donors (Lipinski definition) is 3. The molecule has 0 saturated heterocycles. The number of carbonyl (C=O) groups is 2. The Balaban J connectivity index is 2.79. The lowest BCUT2D eigenvalue weighted by Gasteiger charge is -2.17. The topological polar surface area (TPSA) is 86.6 Å². The van der Waals surface area contributed by atoms with Gasteiger partial charge in [0.25, 0.3) is 5.91 Å². The molecule has 0 aliphatic heterocycles. The Bertz CT molecular complexity index is 475. The normalized spacial score (nSPS) is 13.7. The lowest BCUT2D eigenvalue weighted by atomic mass is 10.0. The van der Waals surface area contributed by atoms with E-state index in [4.69, 9.17) is 10.2 Å². The highest BCUT2D eigenvalue weighted by Gasteiger charge is 2.22. The number of aliphatic carboxylic acids is 1. The molecule has 0 radical (unpaired) electrons. The van der Waals surface area contributed by atoms with Gasteiger partial charge in [-0.3, -0.25) is 9.59 Å². The zero-order valence-corrected chi connectivity index (χ0v) is 9.98. The van der Waals surface area contributed by atoms with Gasteiger partial charge in [-0.2, -0.15) is 0 Å². The third kappa shape index (κ3) is 3.19. The van der Waals surface area contributed by atoms with Crippen LogP contribution in [0.2, 0.25) is 0 Å². The van der Waals surface area contributed by atoms with Gasteiger partial charge in [0.1, 0.15) is 11.6 Å². The van der Waals surface area contributed by atoms with E-state index in [0.717, 1.165) is 12.1 Å². The average molecular weight is 255 g/mol. The maximum atomic E-state index is 13.4. The molecule has 1 rings (SSSR count). The van der Waals surface area contributed by atoms with Gasteiger partial charge < -0.3 is 15.5 Å². The molecule has 6 heteroatoms. The van der Waals surface area contributed by atoms with E-state index in [1.165, 1.54) is 19.9 Å². The second kappa shape index (κ2) is 5.48. The predicted octanol–water partition coefficient (Wildman–Crippen LogP) is 1.37. The predicted molar refractivity (Wildman–Crippen MR) is 61.8 cm³/mol. The van der Waals surface area contributed by atoms with Gasteiger partial charge in [-0.25, -0.2) is 4.39 Å². The summed E-state index contributed by atoms with van der Waals surface area (Å²) >= 11 is 0. The molecule has 0 fully saturated rings. The van der Waals surface area contributed by atoms with E-state index in [2.05, 4.69) is 5.32 Å². The second-order valence-electron chi connectivity index (χ2n) is 4.05. The maximum absolute atomic E-state index is 13.4. The molecule has 0 aliphatic carbocycles. The van der Waals surface area contributed by atoms with Crippen molar-refractivity contribution >= 4 is 11.9 Å². The third-order valence-electron chi connectivity index (χ3n) is 2.70. The van der Waals surface area contributed by atoms with Crippen LogP contribution < -0.4 is 5.32 Å². The van der Waals surface area contributed by atoms with E-state index >= 15 is 0 Å². The quantitative estimate of drug-likeness (QED) is 0.758. The SMILES string of the molecule is CC(NC(=O)c1ccc(O)cc1F)C(C)C(=O)O. The molecule has 1 aromatic rings. The van der Waals surface area contributed by atoms with Crippen LogP contribution in [-0.2, 0) is 4.79 Å². The van der Waals surface area contributed by atoms with Crippen LogP contribution in [0.4, 0.5) is 4.39 Å². The third-order valence-corrected chi connectivity index (χ3v) is 2.70. The molecule has 2 atom stereocenters. The number of nitrogens with one attached hydrogen (secondary N) is 1. The summed E-state index contributed by atoms with van der Waals surface area (Å²) in [5, 5.41) is 20.2. The van der Waals surface area contributed by atoms with Crippen LogP contribution in [0.3, 0.4) is 0 Å². The van der Waals surface area contributed by atoms with Crippen LogP contribution in [0.15, 0.2) is 18.2 Å². The molecule has 0 aromatic heterocycles. The number of aromatic hydroxyl groups is 1. The van der Waals surface area contributed by atoms with Crippen LogP contribution in [-0.4, -0.2) is 28.1 Å². The Morgan fingerprint density at radius 3 is 2.44 bits per heavy atom. The van der Waals surface area contributed by atoms with Gasteiger partial charge in [-0.05, 0) is 26.0 Å². The van der Waals surface area contributed by atoms with E-state index in [1.807, 2.05) is 0 Å². The minimum Gasteiger partial charge on any atom is -0.508 e. The molecular formula is C12H14FNO4. The Kier molecular flexibility index (Phi) is 4.25. The first kappa shape index (κ1) is 14.0. The standard InChI is InChI=1S/C12H14FNO4/c1-6(12(17)18)7(2)14-11(16)9-4-3-8(15)5-10(9)13/h3-7,15H,1-2H3,(H,14,16)(H,17,18). The molecule has 18 heavy (non-hydrogen) atoms. The van der Waals surface area contributed by atoms with Crippen molar-refractivity contribution in [3.63, 3.8) is 0 Å². The van der Waals surface area contributed by atoms with E-state index in [-0.39, 0.29) is 11.3 Å². The van der Waals surface area contributed by atoms with E-state index in [9.17, 15) is 14.0 Å². The van der Waals surface area contributed by atoms with Crippen molar-refractivity contribution in [2.45, 2.75) is 19.9 Å². The minimum atomic E-state index is -1.05. The van der Waals surface area contributed by atoms with E-state index in [1.54, 1.807) is 0 Å². The smallest absolute Gasteiger partial charge is 0.308 e. The highest BCUT2D eigenvalue weighted by molar-refractivity contribution is 5.95. The van der Waals surface area contributed by atoms with E-state index < -0.39 is 29.7 Å². The number of amides is 1. The number of halogens is 1. The van der Waals surface area contributed by atoms with Gasteiger partial charge in [0.15, 0.2) is 0 Å². The zero-order chi connectivity index (χ0) is 13.9. The Hall–Kier alpha value is -2.11. The summed E-state index contributed by atoms with van der Waals surface area (Å²) in [4.78, 5) is 22.4. The van der Waals surface area contributed by atoms with Gasteiger partial charge in [-0.15, -0.1) is 0 Å². The molecule has 0 saturated carbocycles. The highest BCUT2D eigenvalue weighted by Crippen LogP contribution is 2.15. The molecule has 3 N–H and O–H groups in total. The minimum absolute atomic E-state index is 0.239. The first-order chi connectivity index (χ1) is 8.32. The molecular weight excluding hydrogens is 241 g/mol. The molecule has 2 unspecified atom stereocenters. The van der Waals surface area contributed by atoms with Crippen LogP contribution in [0.5, 0.6) is 5.75 Å². The zero-order valence-electron chi connectivity index (χ0n) is 9.98. The van der Waals surface area contributed by atoms with Gasteiger partial charge in [-0.1, -0.05) is 0 Å². The largest absolute Gasteiger partial charge is 0.508 e. The number of phenolic OH excluding ortho intramolecular Hbond substituents is 1. The summed E-state index contributed by atoms with van der Waals surface area (Å²) in [7, 11) is 0. The fourth-order valence-electron chi connectivity index (χ4n) is 1.31. The fourth-order valence-corrected chi connectivity index (χ4v) is 1.31. The van der Waals surface area contributed by atoms with Crippen molar-refractivity contribution in [1.29, 1.82) is 0 Å². The molecule has 0 aliphatic rings. The van der Waals surface area contributed by atoms with Crippen LogP contribution in [0.1, 0.15) is 24.2 Å². The number of carboxylic acids is 1. The Labute approximate surface area is 103 Å². The maximum Gasteiger partial charge on any atom is 0.308 e. The number of hydrogen-bond acceptors (Lipinski definition) is 3. The summed E-state index contributed by atoms with van der Waals surface area (Å²) in [6, 6.07) is 2.50. The first-order valence-electron chi connectivity index (χ1n) is 5.35. The van der Waals surface area contributed by atoms with Crippen molar-refractivity contribution in [2.24, 2.45) is 5.92 Å². The number of carbonyl (C=O) groups excluding carboxylic acids is 1. The van der Waals surface area contributed by atoms with Crippen molar-refractivity contribution in [2.75, 3.05) is 0 Å². The van der Waals surface area contributed by atoms with Crippen molar-refractivity contribution in [1.82, 2.24) is 5.32 Å². The summed E-state index contributed by atoms with van der Waals surface area (Å²) in [5.74, 6) is -3.69. The molecule has 0 spiro atoms. The molecule has 0 bridgehead atoms. The summed E-state index contributed by atoms with van der Waals surface area (Å²) in [5.41, 5.74) is -0.239. The monoisotopic (exact) mass is 255 g/mol. The number of phenols is 1. The lowest BCUT2D eigenvalue weighted by molar-refractivity contribution is -0.141. The highest BCUT2D eigenvalue weighted by atomic mass is 19.1. The average Bonchev–Trinajstić information content (AvgIpc) is 2.27. The summed E-state index contributed by atoms with van der Waals surface area (Å²) in [6.45, 7) is 2.97. The summed E-state index contributed by atoms with van der Waals surface area (Å²) < 4.78 is 13.4. The van der Waals surface area contributed by atoms with Crippen LogP contribution in [0, 0.1) is 11.7 Å². The van der Waals surface area contributed by atoms with E-state index in [0.29, 0.717) is 0 Å². The van der Waals surface area contributed by atoms with Crippen LogP contribution >= 0.6 is 0 Å². The van der Waals surface area contributed by atoms with Gasteiger partial charge >= 0.3 is 5.97 Å². The van der Waals surface area contributed by atoms with Gasteiger partial charge in [0.2, 0.25) is 0 Å². The first-order valence-corrected chi connectivity index (χ1v) is 5.35. The van der Waals surface area contributed by atoms with Crippen molar-refractivity contribution in [3.05, 3.63) is 29.6 Å². The molecule has 98 valence electrons. The molecule has 1 aromatic carbocycles. The fraction of sp³-hybridized carbons (Fsp3) is 0.333. The summed E-state index contributed by atoms with van der Waals surface area (Å²) in [6.07, 6.45) is 0. The van der Waals surface area contributed by atoms with Crippen molar-refractivity contribution < 1.29 is 24.2 Å².